The maximum absolute atomic E-state index is 13.0. The Balaban J connectivity index is 2.43. The summed E-state index contributed by atoms with van der Waals surface area (Å²) in [5, 5.41) is 0. The van der Waals surface area contributed by atoms with Crippen LogP contribution in [0.25, 0.3) is 11.1 Å². The van der Waals surface area contributed by atoms with Crippen molar-refractivity contribution in [1.82, 2.24) is 14.5 Å². The molecule has 0 bridgehead atoms. The number of likely N-dealkylation sites (N-methyl/N-ethyl adjacent to an activating group) is 1. The van der Waals surface area contributed by atoms with Crippen LogP contribution in [0.5, 0.6) is 5.75 Å². The number of rotatable bonds is 9. The number of hydrogen-bond acceptors (Lipinski definition) is 5. The summed E-state index contributed by atoms with van der Waals surface area (Å²) in [5.74, 6) is -0.0860. The fourth-order valence-electron chi connectivity index (χ4n) is 2.75. The summed E-state index contributed by atoms with van der Waals surface area (Å²) in [4.78, 5) is 19.1. The second kappa shape index (κ2) is 9.70. The first-order chi connectivity index (χ1) is 13.3. The van der Waals surface area contributed by atoms with E-state index in [0.29, 0.717) is 13.1 Å². The minimum atomic E-state index is -4.53. The van der Waals surface area contributed by atoms with Gasteiger partial charge >= 0.3 is 6.18 Å². The SMILES string of the molecule is CCN(CC)CCn1cncc(-c2ccc(C(F)(F)F)cc2OCOC)c1=O. The first-order valence-electron chi connectivity index (χ1n) is 8.91. The standard InChI is InChI=1S/C19H24F3N3O3/c1-4-24(5-2)8-9-25-12-23-11-16(18(25)26)15-7-6-14(19(20,21)22)10-17(15)28-13-27-3/h6-7,10-12H,4-5,8-9,13H2,1-3H3. The number of alkyl halides is 3. The predicted molar refractivity (Wildman–Crippen MR) is 99.2 cm³/mol. The highest BCUT2D eigenvalue weighted by atomic mass is 19.4. The zero-order valence-corrected chi connectivity index (χ0v) is 16.1. The first kappa shape index (κ1) is 21.9. The lowest BCUT2D eigenvalue weighted by molar-refractivity contribution is -0.137. The minimum absolute atomic E-state index is 0.0860. The van der Waals surface area contributed by atoms with Crippen molar-refractivity contribution in [3.63, 3.8) is 0 Å². The first-order valence-corrected chi connectivity index (χ1v) is 8.91. The molecule has 0 amide bonds. The van der Waals surface area contributed by atoms with Crippen molar-refractivity contribution in [2.75, 3.05) is 33.5 Å². The van der Waals surface area contributed by atoms with E-state index in [0.717, 1.165) is 25.2 Å². The molecule has 1 heterocycles. The summed E-state index contributed by atoms with van der Waals surface area (Å²) in [7, 11) is 1.36. The van der Waals surface area contributed by atoms with E-state index in [1.807, 2.05) is 13.8 Å². The van der Waals surface area contributed by atoms with E-state index in [4.69, 9.17) is 9.47 Å². The quantitative estimate of drug-likeness (QED) is 0.606. The van der Waals surface area contributed by atoms with Gasteiger partial charge in [0.15, 0.2) is 6.79 Å². The Morgan fingerprint density at radius 3 is 2.50 bits per heavy atom. The average molecular weight is 399 g/mol. The Hall–Kier alpha value is -2.39. The van der Waals surface area contributed by atoms with Gasteiger partial charge in [-0.2, -0.15) is 13.2 Å². The molecule has 0 N–H and O–H groups in total. The average Bonchev–Trinajstić information content (AvgIpc) is 2.67. The number of nitrogens with zero attached hydrogens (tertiary/aromatic N) is 3. The molecular weight excluding hydrogens is 375 g/mol. The smallest absolute Gasteiger partial charge is 0.416 e. The Morgan fingerprint density at radius 2 is 1.89 bits per heavy atom. The maximum Gasteiger partial charge on any atom is 0.416 e. The van der Waals surface area contributed by atoms with Crippen LogP contribution in [0.15, 0.2) is 35.5 Å². The van der Waals surface area contributed by atoms with Crippen LogP contribution in [-0.4, -0.2) is 48.0 Å². The van der Waals surface area contributed by atoms with Crippen LogP contribution in [0.3, 0.4) is 0 Å². The summed E-state index contributed by atoms with van der Waals surface area (Å²) >= 11 is 0. The van der Waals surface area contributed by atoms with Crippen LogP contribution in [0.4, 0.5) is 13.2 Å². The van der Waals surface area contributed by atoms with Crippen molar-refractivity contribution in [3.8, 4) is 16.9 Å². The number of hydrogen-bond donors (Lipinski definition) is 0. The molecule has 0 saturated carbocycles. The molecule has 0 aliphatic carbocycles. The maximum atomic E-state index is 13.0. The summed E-state index contributed by atoms with van der Waals surface area (Å²) in [5.41, 5.74) is -0.807. The van der Waals surface area contributed by atoms with E-state index in [1.165, 1.54) is 30.3 Å². The third-order valence-electron chi connectivity index (χ3n) is 4.38. The fourth-order valence-corrected chi connectivity index (χ4v) is 2.75. The third-order valence-corrected chi connectivity index (χ3v) is 4.38. The molecule has 0 saturated heterocycles. The molecule has 154 valence electrons. The zero-order chi connectivity index (χ0) is 20.7. The van der Waals surface area contributed by atoms with E-state index in [9.17, 15) is 18.0 Å². The van der Waals surface area contributed by atoms with Gasteiger partial charge in [-0.3, -0.25) is 9.36 Å². The van der Waals surface area contributed by atoms with Gasteiger partial charge in [0.2, 0.25) is 0 Å². The molecule has 1 aromatic carbocycles. The molecule has 2 aromatic rings. The second-order valence-electron chi connectivity index (χ2n) is 6.09. The van der Waals surface area contributed by atoms with Gasteiger partial charge in [0, 0.05) is 32.0 Å². The lowest BCUT2D eigenvalue weighted by Crippen LogP contribution is -2.31. The fraction of sp³-hybridized carbons (Fsp3) is 0.474. The molecule has 9 heteroatoms. The van der Waals surface area contributed by atoms with Crippen molar-refractivity contribution in [3.05, 3.63) is 46.6 Å². The molecule has 0 atom stereocenters. The third kappa shape index (κ3) is 5.32. The molecule has 0 aliphatic heterocycles. The largest absolute Gasteiger partial charge is 0.467 e. The van der Waals surface area contributed by atoms with Crippen LogP contribution < -0.4 is 10.3 Å². The normalized spacial score (nSPS) is 11.8. The molecule has 6 nitrogen and oxygen atoms in total. The van der Waals surface area contributed by atoms with Crippen molar-refractivity contribution >= 4 is 0 Å². The van der Waals surface area contributed by atoms with Crippen molar-refractivity contribution in [2.24, 2.45) is 0 Å². The number of benzene rings is 1. The molecule has 0 radical (unpaired) electrons. The van der Waals surface area contributed by atoms with Crippen LogP contribution >= 0.6 is 0 Å². The number of methoxy groups -OCH3 is 1. The molecule has 0 fully saturated rings. The highest BCUT2D eigenvalue weighted by molar-refractivity contribution is 5.69. The Morgan fingerprint density at radius 1 is 1.18 bits per heavy atom. The Kier molecular flexibility index (Phi) is 7.59. The van der Waals surface area contributed by atoms with Gasteiger partial charge in [0.1, 0.15) is 5.75 Å². The highest BCUT2D eigenvalue weighted by Gasteiger charge is 2.31. The molecule has 0 spiro atoms. The van der Waals surface area contributed by atoms with Gasteiger partial charge in [-0.1, -0.05) is 13.8 Å². The molecule has 0 unspecified atom stereocenters. The predicted octanol–water partition coefficient (Wildman–Crippen LogP) is 3.25. The van der Waals surface area contributed by atoms with E-state index in [-0.39, 0.29) is 29.2 Å². The monoisotopic (exact) mass is 399 g/mol. The van der Waals surface area contributed by atoms with Crippen LogP contribution in [-0.2, 0) is 17.5 Å². The second-order valence-corrected chi connectivity index (χ2v) is 6.09. The molecule has 28 heavy (non-hydrogen) atoms. The number of ether oxygens (including phenoxy) is 2. The summed E-state index contributed by atoms with van der Waals surface area (Å²) in [6.07, 6.45) is -1.77. The summed E-state index contributed by atoms with van der Waals surface area (Å²) in [6.45, 7) is 6.61. The molecule has 0 aliphatic rings. The van der Waals surface area contributed by atoms with Crippen LogP contribution in [0.1, 0.15) is 19.4 Å². The summed E-state index contributed by atoms with van der Waals surface area (Å²) < 4.78 is 50.7. The van der Waals surface area contributed by atoms with Crippen molar-refractivity contribution in [2.45, 2.75) is 26.6 Å². The molecule has 1 aromatic heterocycles. The van der Waals surface area contributed by atoms with E-state index < -0.39 is 11.7 Å². The minimum Gasteiger partial charge on any atom is -0.467 e. The van der Waals surface area contributed by atoms with Gasteiger partial charge in [-0.15, -0.1) is 0 Å². The van der Waals surface area contributed by atoms with E-state index >= 15 is 0 Å². The number of halogens is 3. The molecular formula is C19H24F3N3O3. The highest BCUT2D eigenvalue weighted by Crippen LogP contribution is 2.36. The lowest BCUT2D eigenvalue weighted by Gasteiger charge is -2.19. The Labute approximate surface area is 161 Å². The summed E-state index contributed by atoms with van der Waals surface area (Å²) in [6, 6.07) is 3.00. The topological polar surface area (TPSA) is 56.6 Å². The van der Waals surface area contributed by atoms with Gasteiger partial charge < -0.3 is 14.4 Å². The number of aromatic nitrogens is 2. The zero-order valence-electron chi connectivity index (χ0n) is 16.1. The Bertz CT molecular complexity index is 833. The van der Waals surface area contributed by atoms with Gasteiger partial charge in [0.05, 0.1) is 17.5 Å². The van der Waals surface area contributed by atoms with Gasteiger partial charge in [-0.05, 0) is 31.3 Å². The van der Waals surface area contributed by atoms with Crippen LogP contribution in [0, 0.1) is 0 Å². The van der Waals surface area contributed by atoms with E-state index in [2.05, 4.69) is 9.88 Å². The van der Waals surface area contributed by atoms with Crippen molar-refractivity contribution < 1.29 is 22.6 Å². The van der Waals surface area contributed by atoms with Crippen LogP contribution in [0.2, 0.25) is 0 Å². The molecule has 2 rings (SSSR count). The van der Waals surface area contributed by atoms with Gasteiger partial charge in [-0.25, -0.2) is 4.98 Å². The van der Waals surface area contributed by atoms with Gasteiger partial charge in [0.25, 0.3) is 5.56 Å². The van der Waals surface area contributed by atoms with E-state index in [1.54, 1.807) is 0 Å². The van der Waals surface area contributed by atoms with Crippen molar-refractivity contribution in [1.29, 1.82) is 0 Å². The lowest BCUT2D eigenvalue weighted by atomic mass is 10.0.